The van der Waals surface area contributed by atoms with Crippen LogP contribution in [0.3, 0.4) is 0 Å². The number of aliphatic hydroxyl groups excluding tert-OH is 2. The number of hydrogen-bond acceptors (Lipinski definition) is 4. The highest BCUT2D eigenvalue weighted by Crippen LogP contribution is 2.29. The number of ether oxygens (including phenoxy) is 2. The van der Waals surface area contributed by atoms with E-state index in [1.807, 2.05) is 6.92 Å². The quantitative estimate of drug-likeness (QED) is 0.699. The van der Waals surface area contributed by atoms with Crippen molar-refractivity contribution in [2.24, 2.45) is 0 Å². The maximum atomic E-state index is 9.43. The normalized spacial score (nSPS) is 24.0. The van der Waals surface area contributed by atoms with Crippen molar-refractivity contribution in [1.82, 2.24) is 0 Å². The minimum Gasteiger partial charge on any atom is -0.391 e. The van der Waals surface area contributed by atoms with Crippen LogP contribution in [0, 0.1) is 0 Å². The van der Waals surface area contributed by atoms with Crippen LogP contribution in [0.5, 0.6) is 0 Å². The lowest BCUT2D eigenvalue weighted by molar-refractivity contribution is -0.165. The first-order valence-corrected chi connectivity index (χ1v) is 5.74. The highest BCUT2D eigenvalue weighted by atomic mass is 16.7. The van der Waals surface area contributed by atoms with Gasteiger partial charge in [-0.05, 0) is 26.2 Å². The fraction of sp³-hybridized carbons (Fsp3) is 1.00. The summed E-state index contributed by atoms with van der Waals surface area (Å²) in [4.78, 5) is 0. The molecule has 0 amide bonds. The zero-order valence-electron chi connectivity index (χ0n) is 9.61. The summed E-state index contributed by atoms with van der Waals surface area (Å²) in [7, 11) is 0. The van der Waals surface area contributed by atoms with Gasteiger partial charge in [-0.25, -0.2) is 0 Å². The molecule has 1 saturated heterocycles. The summed E-state index contributed by atoms with van der Waals surface area (Å²) in [6, 6.07) is 0. The maximum Gasteiger partial charge on any atom is 0.168 e. The monoisotopic (exact) mass is 218 g/mol. The molecule has 0 saturated carbocycles. The molecule has 0 bridgehead atoms. The van der Waals surface area contributed by atoms with Gasteiger partial charge < -0.3 is 19.7 Å². The van der Waals surface area contributed by atoms with Crippen molar-refractivity contribution < 1.29 is 19.7 Å². The summed E-state index contributed by atoms with van der Waals surface area (Å²) >= 11 is 0. The van der Waals surface area contributed by atoms with Crippen LogP contribution in [-0.4, -0.2) is 41.4 Å². The van der Waals surface area contributed by atoms with Crippen molar-refractivity contribution in [1.29, 1.82) is 0 Å². The molecule has 1 aliphatic heterocycles. The van der Waals surface area contributed by atoms with Crippen LogP contribution in [0.2, 0.25) is 0 Å². The molecule has 0 unspecified atom stereocenters. The predicted molar refractivity (Wildman–Crippen MR) is 56.5 cm³/mol. The number of aliphatic hydroxyl groups is 2. The van der Waals surface area contributed by atoms with Gasteiger partial charge in [-0.3, -0.25) is 0 Å². The fourth-order valence-corrected chi connectivity index (χ4v) is 1.84. The minimum absolute atomic E-state index is 0.432. The molecular weight excluding hydrogens is 196 g/mol. The summed E-state index contributed by atoms with van der Waals surface area (Å²) in [6.45, 7) is 4.96. The van der Waals surface area contributed by atoms with Gasteiger partial charge in [-0.2, -0.15) is 0 Å². The van der Waals surface area contributed by atoms with Crippen molar-refractivity contribution in [3.8, 4) is 0 Å². The summed E-state index contributed by atoms with van der Waals surface area (Å²) in [6.07, 6.45) is 1.71. The zero-order valence-corrected chi connectivity index (χ0v) is 9.61. The van der Waals surface area contributed by atoms with Crippen LogP contribution < -0.4 is 0 Å². The lowest BCUT2D eigenvalue weighted by Crippen LogP contribution is -2.30. The van der Waals surface area contributed by atoms with E-state index >= 15 is 0 Å². The summed E-state index contributed by atoms with van der Waals surface area (Å²) in [5.41, 5.74) is 0. The molecule has 0 aromatic carbocycles. The van der Waals surface area contributed by atoms with Crippen molar-refractivity contribution in [3.63, 3.8) is 0 Å². The van der Waals surface area contributed by atoms with E-state index in [1.165, 1.54) is 0 Å². The molecule has 1 rings (SSSR count). The molecule has 90 valence electrons. The van der Waals surface area contributed by atoms with Crippen molar-refractivity contribution in [2.45, 2.75) is 57.5 Å². The van der Waals surface area contributed by atoms with E-state index in [4.69, 9.17) is 14.6 Å². The van der Waals surface area contributed by atoms with Crippen LogP contribution >= 0.6 is 0 Å². The third kappa shape index (κ3) is 3.72. The highest BCUT2D eigenvalue weighted by Gasteiger charge is 2.34. The van der Waals surface area contributed by atoms with Crippen LogP contribution in [0.25, 0.3) is 0 Å². The lowest BCUT2D eigenvalue weighted by Gasteiger charge is -2.26. The van der Waals surface area contributed by atoms with Crippen LogP contribution in [0.15, 0.2) is 0 Å². The molecule has 2 N–H and O–H groups in total. The maximum absolute atomic E-state index is 9.43. The average molecular weight is 218 g/mol. The average Bonchev–Trinajstić information content (AvgIpc) is 2.67. The second kappa shape index (κ2) is 5.80. The van der Waals surface area contributed by atoms with E-state index in [1.54, 1.807) is 6.92 Å². The smallest absolute Gasteiger partial charge is 0.168 e. The third-order valence-electron chi connectivity index (χ3n) is 2.97. The lowest BCUT2D eigenvalue weighted by atomic mass is 10.0. The van der Waals surface area contributed by atoms with Gasteiger partial charge in [-0.15, -0.1) is 0 Å². The van der Waals surface area contributed by atoms with Gasteiger partial charge in [0.25, 0.3) is 0 Å². The SMILES string of the molecule is CCC1(CCC[C@H](O)[C@H](C)O)OCCO1. The van der Waals surface area contributed by atoms with Gasteiger partial charge in [0, 0.05) is 6.42 Å². The van der Waals surface area contributed by atoms with Gasteiger partial charge >= 0.3 is 0 Å². The Morgan fingerprint density at radius 2 is 1.87 bits per heavy atom. The molecule has 1 fully saturated rings. The Kier molecular flexibility index (Phi) is 4.99. The fourth-order valence-electron chi connectivity index (χ4n) is 1.84. The van der Waals surface area contributed by atoms with Gasteiger partial charge in [0.1, 0.15) is 0 Å². The number of hydrogen-bond donors (Lipinski definition) is 2. The molecule has 0 aromatic rings. The Morgan fingerprint density at radius 3 is 2.33 bits per heavy atom. The molecule has 0 radical (unpaired) electrons. The first-order valence-electron chi connectivity index (χ1n) is 5.74. The minimum atomic E-state index is -0.659. The third-order valence-corrected chi connectivity index (χ3v) is 2.97. The molecule has 4 heteroatoms. The Balaban J connectivity index is 2.23. The van der Waals surface area contributed by atoms with E-state index in [-0.39, 0.29) is 0 Å². The van der Waals surface area contributed by atoms with E-state index < -0.39 is 18.0 Å². The van der Waals surface area contributed by atoms with Crippen LogP contribution in [0.4, 0.5) is 0 Å². The Hall–Kier alpha value is -0.160. The van der Waals surface area contributed by atoms with Crippen LogP contribution in [-0.2, 0) is 9.47 Å². The van der Waals surface area contributed by atoms with Crippen LogP contribution in [0.1, 0.15) is 39.5 Å². The molecule has 4 nitrogen and oxygen atoms in total. The topological polar surface area (TPSA) is 58.9 Å². The van der Waals surface area contributed by atoms with Gasteiger partial charge in [0.2, 0.25) is 0 Å². The molecule has 0 aromatic heterocycles. The standard InChI is InChI=1S/C11H22O4/c1-3-11(14-7-8-15-11)6-4-5-10(13)9(2)12/h9-10,12-13H,3-8H2,1-2H3/t9-,10-/m0/s1. The van der Waals surface area contributed by atoms with E-state index in [9.17, 15) is 5.11 Å². The van der Waals surface area contributed by atoms with Gasteiger partial charge in [0.05, 0.1) is 25.4 Å². The van der Waals surface area contributed by atoms with Gasteiger partial charge in [0.15, 0.2) is 5.79 Å². The summed E-state index contributed by atoms with van der Waals surface area (Å²) in [5, 5.41) is 18.5. The molecule has 1 aliphatic rings. The molecule has 15 heavy (non-hydrogen) atoms. The van der Waals surface area contributed by atoms with Crippen molar-refractivity contribution in [2.75, 3.05) is 13.2 Å². The Morgan fingerprint density at radius 1 is 1.27 bits per heavy atom. The first-order chi connectivity index (χ1) is 7.09. The van der Waals surface area contributed by atoms with Crippen molar-refractivity contribution >= 4 is 0 Å². The largest absolute Gasteiger partial charge is 0.391 e. The number of rotatable bonds is 6. The first kappa shape index (κ1) is 12.9. The van der Waals surface area contributed by atoms with Crippen molar-refractivity contribution in [3.05, 3.63) is 0 Å². The molecule has 1 heterocycles. The van der Waals surface area contributed by atoms with E-state index in [0.717, 1.165) is 19.3 Å². The van der Waals surface area contributed by atoms with E-state index in [0.29, 0.717) is 19.6 Å². The Labute approximate surface area is 91.2 Å². The second-order valence-corrected chi connectivity index (χ2v) is 4.16. The molecule has 0 aliphatic carbocycles. The van der Waals surface area contributed by atoms with E-state index in [2.05, 4.69) is 0 Å². The summed E-state index contributed by atoms with van der Waals surface area (Å²) in [5.74, 6) is -0.432. The highest BCUT2D eigenvalue weighted by molar-refractivity contribution is 4.73. The second-order valence-electron chi connectivity index (χ2n) is 4.16. The zero-order chi connectivity index (χ0) is 11.3. The molecule has 2 atom stereocenters. The Bertz CT molecular complexity index is 175. The summed E-state index contributed by atoms with van der Waals surface area (Å²) < 4.78 is 11.1. The predicted octanol–water partition coefficient (Wildman–Crippen LogP) is 1.05. The molecule has 0 spiro atoms. The van der Waals surface area contributed by atoms with Gasteiger partial charge in [-0.1, -0.05) is 6.92 Å². The molecular formula is C11H22O4.